The Morgan fingerprint density at radius 2 is 1.81 bits per heavy atom. The number of carbonyl (C=O) groups excluding carboxylic acids is 2. The molecular formula is C20H27NO4S. The molecule has 0 N–H and O–H groups in total. The fourth-order valence-corrected chi connectivity index (χ4v) is 5.54. The summed E-state index contributed by atoms with van der Waals surface area (Å²) >= 11 is 1.79. The van der Waals surface area contributed by atoms with Crippen LogP contribution in [0.5, 0.6) is 0 Å². The van der Waals surface area contributed by atoms with Crippen molar-refractivity contribution in [3.63, 3.8) is 0 Å². The van der Waals surface area contributed by atoms with Crippen molar-refractivity contribution in [3.8, 4) is 0 Å². The Morgan fingerprint density at radius 3 is 2.46 bits per heavy atom. The van der Waals surface area contributed by atoms with E-state index in [0.29, 0.717) is 6.42 Å². The highest BCUT2D eigenvalue weighted by atomic mass is 32.2. The van der Waals surface area contributed by atoms with E-state index in [-0.39, 0.29) is 12.0 Å². The summed E-state index contributed by atoms with van der Waals surface area (Å²) in [5.74, 6) is 0.157. The molecule has 2 aliphatic rings. The Balaban J connectivity index is 1.88. The number of rotatable bonds is 5. The largest absolute Gasteiger partial charge is 0.467 e. The standard InChI is InChI=1S/C20H27NO4S/c1-24-18(22)20(19(23)25-2)13-15(14-26-16-9-5-3-6-10-16)17-11-7-4-8-12-21(17)20/h3,5-6,9-10,15,17H,4,7-8,11-14H2,1-2H3/t15-,17+/m1/s1. The molecule has 0 aromatic heterocycles. The average Bonchev–Trinajstić information content (AvgIpc) is 2.83. The minimum absolute atomic E-state index is 0.215. The van der Waals surface area contributed by atoms with Crippen molar-refractivity contribution < 1.29 is 19.1 Å². The molecule has 6 heteroatoms. The van der Waals surface area contributed by atoms with Gasteiger partial charge in [-0.1, -0.05) is 31.0 Å². The van der Waals surface area contributed by atoms with E-state index in [9.17, 15) is 9.59 Å². The molecule has 2 aliphatic heterocycles. The van der Waals surface area contributed by atoms with Crippen LogP contribution < -0.4 is 0 Å². The third-order valence-corrected chi connectivity index (χ3v) is 6.85. The summed E-state index contributed by atoms with van der Waals surface area (Å²) in [6.07, 6.45) is 4.73. The van der Waals surface area contributed by atoms with Crippen LogP contribution in [0.1, 0.15) is 32.1 Å². The zero-order chi connectivity index (χ0) is 18.6. The highest BCUT2D eigenvalue weighted by Gasteiger charge is 2.62. The van der Waals surface area contributed by atoms with Crippen LogP contribution in [0.15, 0.2) is 35.2 Å². The molecule has 1 aromatic carbocycles. The first-order valence-electron chi connectivity index (χ1n) is 9.25. The third kappa shape index (κ3) is 3.49. The SMILES string of the molecule is COC(=O)C1(C(=O)OC)C[C@H](CSc2ccccc2)[C@@H]2CCCCCN21. The molecule has 2 heterocycles. The first-order chi connectivity index (χ1) is 12.6. The van der Waals surface area contributed by atoms with Gasteiger partial charge in [0.1, 0.15) is 0 Å². The summed E-state index contributed by atoms with van der Waals surface area (Å²) in [7, 11) is 2.71. The number of benzene rings is 1. The first kappa shape index (κ1) is 19.2. The van der Waals surface area contributed by atoms with Gasteiger partial charge in [0.2, 0.25) is 5.54 Å². The van der Waals surface area contributed by atoms with Crippen molar-refractivity contribution >= 4 is 23.7 Å². The lowest BCUT2D eigenvalue weighted by Gasteiger charge is -2.35. The third-order valence-electron chi connectivity index (χ3n) is 5.64. The predicted molar refractivity (Wildman–Crippen MR) is 101 cm³/mol. The van der Waals surface area contributed by atoms with E-state index in [2.05, 4.69) is 17.0 Å². The van der Waals surface area contributed by atoms with Crippen molar-refractivity contribution in [2.75, 3.05) is 26.5 Å². The maximum Gasteiger partial charge on any atom is 0.338 e. The van der Waals surface area contributed by atoms with E-state index in [1.165, 1.54) is 19.1 Å². The number of carbonyl (C=O) groups is 2. The minimum Gasteiger partial charge on any atom is -0.467 e. The normalized spacial score (nSPS) is 25.2. The molecule has 0 unspecified atom stereocenters. The van der Waals surface area contributed by atoms with Gasteiger partial charge in [-0.15, -0.1) is 11.8 Å². The smallest absolute Gasteiger partial charge is 0.338 e. The molecule has 0 bridgehead atoms. The fraction of sp³-hybridized carbons (Fsp3) is 0.600. The summed E-state index contributed by atoms with van der Waals surface area (Å²) in [5, 5.41) is 0. The average molecular weight is 378 g/mol. The van der Waals surface area contributed by atoms with Gasteiger partial charge >= 0.3 is 11.9 Å². The van der Waals surface area contributed by atoms with Gasteiger partial charge in [0.05, 0.1) is 14.2 Å². The molecule has 1 aromatic rings. The van der Waals surface area contributed by atoms with Crippen LogP contribution in [0, 0.1) is 5.92 Å². The van der Waals surface area contributed by atoms with Crippen LogP contribution in [-0.4, -0.2) is 54.9 Å². The summed E-state index contributed by atoms with van der Waals surface area (Å²) < 4.78 is 10.1. The number of fused-ring (bicyclic) bond motifs is 1. The second-order valence-corrected chi connectivity index (χ2v) is 8.14. The zero-order valence-electron chi connectivity index (χ0n) is 15.5. The van der Waals surface area contributed by atoms with Crippen LogP contribution in [0.2, 0.25) is 0 Å². The number of methoxy groups -OCH3 is 2. The molecule has 0 aliphatic carbocycles. The van der Waals surface area contributed by atoms with Crippen LogP contribution in [0.25, 0.3) is 0 Å². The molecule has 0 spiro atoms. The van der Waals surface area contributed by atoms with E-state index < -0.39 is 17.5 Å². The number of hydrogen-bond donors (Lipinski definition) is 0. The van der Waals surface area contributed by atoms with E-state index in [1.54, 1.807) is 11.8 Å². The molecule has 26 heavy (non-hydrogen) atoms. The van der Waals surface area contributed by atoms with Crippen molar-refractivity contribution in [1.82, 2.24) is 4.90 Å². The molecule has 0 amide bonds. The van der Waals surface area contributed by atoms with Crippen molar-refractivity contribution in [2.45, 2.75) is 48.6 Å². The van der Waals surface area contributed by atoms with E-state index in [0.717, 1.165) is 38.0 Å². The molecule has 0 saturated carbocycles. The Labute approximate surface area is 159 Å². The van der Waals surface area contributed by atoms with Crippen molar-refractivity contribution in [3.05, 3.63) is 30.3 Å². The van der Waals surface area contributed by atoms with Gasteiger partial charge in [-0.05, 0) is 37.3 Å². The predicted octanol–water partition coefficient (Wildman–Crippen LogP) is 3.13. The topological polar surface area (TPSA) is 55.8 Å². The number of thioether (sulfide) groups is 1. The minimum atomic E-state index is -1.29. The molecule has 2 atom stereocenters. The molecule has 2 fully saturated rings. The van der Waals surface area contributed by atoms with E-state index >= 15 is 0 Å². The van der Waals surface area contributed by atoms with Crippen molar-refractivity contribution in [2.24, 2.45) is 5.92 Å². The lowest BCUT2D eigenvalue weighted by atomic mass is 9.90. The maximum atomic E-state index is 12.8. The second-order valence-electron chi connectivity index (χ2n) is 7.04. The lowest BCUT2D eigenvalue weighted by molar-refractivity contribution is -0.171. The maximum absolute atomic E-state index is 12.8. The van der Waals surface area contributed by atoms with E-state index in [4.69, 9.17) is 9.47 Å². The van der Waals surface area contributed by atoms with Gasteiger partial charge in [0.25, 0.3) is 0 Å². The Bertz CT molecular complexity index is 620. The van der Waals surface area contributed by atoms with Crippen LogP contribution >= 0.6 is 11.8 Å². The fourth-order valence-electron chi connectivity index (χ4n) is 4.44. The zero-order valence-corrected chi connectivity index (χ0v) is 16.3. The number of ether oxygens (including phenoxy) is 2. The van der Waals surface area contributed by atoms with Crippen LogP contribution in [0.3, 0.4) is 0 Å². The Morgan fingerprint density at radius 1 is 1.12 bits per heavy atom. The number of esters is 2. The summed E-state index contributed by atoms with van der Waals surface area (Å²) in [6, 6.07) is 10.5. The number of nitrogens with zero attached hydrogens (tertiary/aromatic N) is 1. The number of hydrogen-bond acceptors (Lipinski definition) is 6. The second kappa shape index (κ2) is 8.44. The summed E-state index contributed by atoms with van der Waals surface area (Å²) in [4.78, 5) is 28.8. The molecular weight excluding hydrogens is 350 g/mol. The molecule has 3 rings (SSSR count). The van der Waals surface area contributed by atoms with Gasteiger partial charge in [-0.25, -0.2) is 9.59 Å². The first-order valence-corrected chi connectivity index (χ1v) is 10.2. The molecule has 0 radical (unpaired) electrons. The Hall–Kier alpha value is -1.53. The lowest BCUT2D eigenvalue weighted by Crippen LogP contribution is -2.59. The van der Waals surface area contributed by atoms with Crippen LogP contribution in [-0.2, 0) is 19.1 Å². The van der Waals surface area contributed by atoms with Gasteiger partial charge in [-0.2, -0.15) is 0 Å². The monoisotopic (exact) mass is 377 g/mol. The summed E-state index contributed by atoms with van der Waals surface area (Å²) in [6.45, 7) is 0.737. The molecule has 142 valence electrons. The Kier molecular flexibility index (Phi) is 6.24. The van der Waals surface area contributed by atoms with Gasteiger partial charge in [0, 0.05) is 23.2 Å². The highest BCUT2D eigenvalue weighted by molar-refractivity contribution is 7.99. The van der Waals surface area contributed by atoms with Gasteiger partial charge < -0.3 is 9.47 Å². The molecule has 5 nitrogen and oxygen atoms in total. The van der Waals surface area contributed by atoms with Crippen molar-refractivity contribution in [1.29, 1.82) is 0 Å². The van der Waals surface area contributed by atoms with Crippen LogP contribution in [0.4, 0.5) is 0 Å². The quantitative estimate of drug-likeness (QED) is 0.446. The van der Waals surface area contributed by atoms with Gasteiger partial charge in [0.15, 0.2) is 0 Å². The highest BCUT2D eigenvalue weighted by Crippen LogP contribution is 2.45. The van der Waals surface area contributed by atoms with Gasteiger partial charge in [-0.3, -0.25) is 4.90 Å². The van der Waals surface area contributed by atoms with E-state index in [1.807, 2.05) is 18.2 Å². The summed E-state index contributed by atoms with van der Waals surface area (Å²) in [5.41, 5.74) is -1.29. The molecule has 2 saturated heterocycles.